The summed E-state index contributed by atoms with van der Waals surface area (Å²) in [7, 11) is 0. The molecule has 4 heteroatoms. The van der Waals surface area contributed by atoms with Crippen LogP contribution in [0.15, 0.2) is 36.9 Å². The Morgan fingerprint density at radius 1 is 1.44 bits per heavy atom. The first-order valence-electron chi connectivity index (χ1n) is 5.08. The zero-order valence-electron chi connectivity index (χ0n) is 9.30. The van der Waals surface area contributed by atoms with Crippen molar-refractivity contribution in [3.63, 3.8) is 0 Å². The second-order valence-electron chi connectivity index (χ2n) is 3.37. The van der Waals surface area contributed by atoms with Crippen LogP contribution in [0, 0.1) is 0 Å². The molecule has 0 aliphatic carbocycles. The lowest BCUT2D eigenvalue weighted by atomic mass is 10.3. The van der Waals surface area contributed by atoms with Crippen molar-refractivity contribution >= 4 is 0 Å². The zero-order chi connectivity index (χ0) is 12.0. The monoisotopic (exact) mass is 223 g/mol. The molecule has 0 aliphatic rings. The van der Waals surface area contributed by atoms with E-state index in [0.29, 0.717) is 18.1 Å². The lowest BCUT2D eigenvalue weighted by molar-refractivity contribution is 0.0508. The average molecular weight is 223 g/mol. The molecule has 0 fully saturated rings. The molecular weight excluding hydrogens is 206 g/mol. The minimum Gasteiger partial charge on any atom is -0.486 e. The quantitative estimate of drug-likeness (QED) is 0.563. The van der Waals surface area contributed by atoms with Crippen LogP contribution < -0.4 is 15.2 Å². The Balaban J connectivity index is 2.73. The third kappa shape index (κ3) is 3.56. The van der Waals surface area contributed by atoms with Crippen molar-refractivity contribution in [1.29, 1.82) is 0 Å². The third-order valence-electron chi connectivity index (χ3n) is 1.94. The average Bonchev–Trinajstić information content (AvgIpc) is 2.27. The lowest BCUT2D eigenvalue weighted by Crippen LogP contribution is -2.37. The topological polar surface area (TPSA) is 64.7 Å². The van der Waals surface area contributed by atoms with Crippen molar-refractivity contribution in [3.8, 4) is 11.5 Å². The van der Waals surface area contributed by atoms with Gasteiger partial charge in [-0.15, -0.1) is 0 Å². The molecule has 2 unspecified atom stereocenters. The van der Waals surface area contributed by atoms with Gasteiger partial charge in [0, 0.05) is 0 Å². The second-order valence-corrected chi connectivity index (χ2v) is 3.37. The van der Waals surface area contributed by atoms with E-state index in [2.05, 4.69) is 6.58 Å². The molecule has 1 aromatic rings. The standard InChI is InChI=1S/C12H17NO3/c1-3-8-15-10-6-4-5-7-11(10)16-12(13)9(2)14/h3-7,9,12,14H,1,8,13H2,2H3. The van der Waals surface area contributed by atoms with E-state index in [-0.39, 0.29) is 0 Å². The molecule has 1 aromatic carbocycles. The smallest absolute Gasteiger partial charge is 0.173 e. The van der Waals surface area contributed by atoms with Gasteiger partial charge in [0.15, 0.2) is 17.7 Å². The number of aliphatic hydroxyl groups is 1. The van der Waals surface area contributed by atoms with E-state index >= 15 is 0 Å². The number of nitrogens with two attached hydrogens (primary N) is 1. The van der Waals surface area contributed by atoms with Gasteiger partial charge in [0.25, 0.3) is 0 Å². The zero-order valence-corrected chi connectivity index (χ0v) is 9.30. The highest BCUT2D eigenvalue weighted by Crippen LogP contribution is 2.27. The van der Waals surface area contributed by atoms with Gasteiger partial charge in [-0.3, -0.25) is 5.73 Å². The number of aliphatic hydroxyl groups excluding tert-OH is 1. The summed E-state index contributed by atoms with van der Waals surface area (Å²) in [4.78, 5) is 0. The molecule has 0 spiro atoms. The minimum absolute atomic E-state index is 0.393. The minimum atomic E-state index is -0.770. The molecule has 4 nitrogen and oxygen atoms in total. The van der Waals surface area contributed by atoms with Gasteiger partial charge in [0.05, 0.1) is 0 Å². The summed E-state index contributed by atoms with van der Waals surface area (Å²) in [5, 5.41) is 9.24. The Kier molecular flexibility index (Phi) is 4.82. The van der Waals surface area contributed by atoms with Crippen molar-refractivity contribution in [2.24, 2.45) is 5.73 Å². The maximum absolute atomic E-state index is 9.24. The Bertz CT molecular complexity index is 339. The number of rotatable bonds is 6. The summed E-state index contributed by atoms with van der Waals surface area (Å²) in [6, 6.07) is 7.15. The first-order valence-corrected chi connectivity index (χ1v) is 5.08. The third-order valence-corrected chi connectivity index (χ3v) is 1.94. The van der Waals surface area contributed by atoms with Gasteiger partial charge in [-0.1, -0.05) is 24.8 Å². The first-order chi connectivity index (χ1) is 7.65. The van der Waals surface area contributed by atoms with Gasteiger partial charge < -0.3 is 14.6 Å². The van der Waals surface area contributed by atoms with E-state index in [0.717, 1.165) is 0 Å². The van der Waals surface area contributed by atoms with E-state index in [9.17, 15) is 5.11 Å². The molecule has 0 radical (unpaired) electrons. The van der Waals surface area contributed by atoms with E-state index < -0.39 is 12.3 Å². The molecule has 0 aliphatic heterocycles. The summed E-state index contributed by atoms with van der Waals surface area (Å²) in [5.74, 6) is 1.09. The van der Waals surface area contributed by atoms with Crippen LogP contribution in [0.3, 0.4) is 0 Å². The number of ether oxygens (including phenoxy) is 2. The van der Waals surface area contributed by atoms with Crippen LogP contribution in [0.1, 0.15) is 6.92 Å². The van der Waals surface area contributed by atoms with Crippen LogP contribution in [0.4, 0.5) is 0 Å². The van der Waals surface area contributed by atoms with E-state index in [4.69, 9.17) is 15.2 Å². The van der Waals surface area contributed by atoms with Gasteiger partial charge in [0.2, 0.25) is 0 Å². The highest BCUT2D eigenvalue weighted by atomic mass is 16.5. The highest BCUT2D eigenvalue weighted by molar-refractivity contribution is 5.39. The maximum Gasteiger partial charge on any atom is 0.173 e. The van der Waals surface area contributed by atoms with Crippen LogP contribution in [-0.2, 0) is 0 Å². The molecule has 88 valence electrons. The molecule has 0 bridgehead atoms. The number of benzene rings is 1. The molecule has 0 heterocycles. The molecule has 2 atom stereocenters. The van der Waals surface area contributed by atoms with E-state index in [1.807, 2.05) is 12.1 Å². The van der Waals surface area contributed by atoms with Crippen LogP contribution >= 0.6 is 0 Å². The van der Waals surface area contributed by atoms with Gasteiger partial charge >= 0.3 is 0 Å². The molecule has 0 aromatic heterocycles. The van der Waals surface area contributed by atoms with Gasteiger partial charge in [-0.2, -0.15) is 0 Å². The fourth-order valence-corrected chi connectivity index (χ4v) is 1.06. The number of hydrogen-bond donors (Lipinski definition) is 2. The number of hydrogen-bond acceptors (Lipinski definition) is 4. The first kappa shape index (κ1) is 12.5. The van der Waals surface area contributed by atoms with Crippen molar-refractivity contribution < 1.29 is 14.6 Å². The highest BCUT2D eigenvalue weighted by Gasteiger charge is 2.13. The molecule has 3 N–H and O–H groups in total. The summed E-state index contributed by atoms with van der Waals surface area (Å²) < 4.78 is 10.8. The van der Waals surface area contributed by atoms with Gasteiger partial charge in [-0.05, 0) is 19.1 Å². The van der Waals surface area contributed by atoms with Crippen molar-refractivity contribution in [2.45, 2.75) is 19.3 Å². The molecule has 0 amide bonds. The van der Waals surface area contributed by atoms with Crippen molar-refractivity contribution in [2.75, 3.05) is 6.61 Å². The SMILES string of the molecule is C=CCOc1ccccc1OC(N)C(C)O. The number of para-hydroxylation sites is 2. The summed E-state index contributed by atoms with van der Waals surface area (Å²) in [6.45, 7) is 5.52. The normalized spacial score (nSPS) is 13.9. The van der Waals surface area contributed by atoms with Crippen LogP contribution in [0.2, 0.25) is 0 Å². The van der Waals surface area contributed by atoms with Gasteiger partial charge in [-0.25, -0.2) is 0 Å². The molecule has 16 heavy (non-hydrogen) atoms. The predicted molar refractivity (Wildman–Crippen MR) is 62.4 cm³/mol. The van der Waals surface area contributed by atoms with Crippen LogP contribution in [-0.4, -0.2) is 24.0 Å². The second kappa shape index (κ2) is 6.15. The lowest BCUT2D eigenvalue weighted by Gasteiger charge is -2.18. The molecule has 0 saturated heterocycles. The van der Waals surface area contributed by atoms with E-state index in [1.165, 1.54) is 0 Å². The van der Waals surface area contributed by atoms with Crippen LogP contribution in [0.5, 0.6) is 11.5 Å². The fraction of sp³-hybridized carbons (Fsp3) is 0.333. The largest absolute Gasteiger partial charge is 0.486 e. The maximum atomic E-state index is 9.24. The Morgan fingerprint density at radius 3 is 2.62 bits per heavy atom. The van der Waals surface area contributed by atoms with Crippen LogP contribution in [0.25, 0.3) is 0 Å². The van der Waals surface area contributed by atoms with E-state index in [1.54, 1.807) is 25.1 Å². The Morgan fingerprint density at radius 2 is 2.06 bits per heavy atom. The molecule has 0 saturated carbocycles. The van der Waals surface area contributed by atoms with Gasteiger partial charge in [0.1, 0.15) is 12.7 Å². The Hall–Kier alpha value is -1.52. The van der Waals surface area contributed by atoms with Crippen molar-refractivity contribution in [1.82, 2.24) is 0 Å². The van der Waals surface area contributed by atoms with Crippen molar-refractivity contribution in [3.05, 3.63) is 36.9 Å². The molecular formula is C12H17NO3. The predicted octanol–water partition coefficient (Wildman–Crippen LogP) is 1.30. The Labute approximate surface area is 95.3 Å². The fourth-order valence-electron chi connectivity index (χ4n) is 1.06. The summed E-state index contributed by atoms with van der Waals surface area (Å²) in [6.07, 6.45) is 0.131. The molecule has 1 rings (SSSR count). The summed E-state index contributed by atoms with van der Waals surface area (Å²) >= 11 is 0. The summed E-state index contributed by atoms with van der Waals surface area (Å²) in [5.41, 5.74) is 5.60.